The highest BCUT2D eigenvalue weighted by molar-refractivity contribution is 6.13. The second kappa shape index (κ2) is 6.33. The molecule has 0 fully saturated rings. The maximum atomic E-state index is 11.5. The fourth-order valence-corrected chi connectivity index (χ4v) is 1.01. The summed E-state index contributed by atoms with van der Waals surface area (Å²) in [7, 11) is 0. The molecule has 96 valence electrons. The van der Waals surface area contributed by atoms with E-state index < -0.39 is 11.7 Å². The molecule has 4 heteroatoms. The van der Waals surface area contributed by atoms with Gasteiger partial charge in [0.1, 0.15) is 5.60 Å². The number of ether oxygens (including phenoxy) is 1. The molecule has 0 aliphatic carbocycles. The molecule has 0 aliphatic heterocycles. The summed E-state index contributed by atoms with van der Waals surface area (Å²) in [6, 6.07) is 0. The Morgan fingerprint density at radius 2 is 1.94 bits per heavy atom. The van der Waals surface area contributed by atoms with Crippen molar-refractivity contribution in [2.45, 2.75) is 53.1 Å². The average Bonchev–Trinajstić information content (AvgIpc) is 2.13. The number of hydrogen-bond donors (Lipinski definition) is 1. The Morgan fingerprint density at radius 1 is 1.41 bits per heavy atom. The fourth-order valence-electron chi connectivity index (χ4n) is 1.01. The maximum absolute atomic E-state index is 11.5. The van der Waals surface area contributed by atoms with E-state index in [-0.39, 0.29) is 0 Å². The van der Waals surface area contributed by atoms with Gasteiger partial charge < -0.3 is 10.1 Å². The van der Waals surface area contributed by atoms with Gasteiger partial charge in [0, 0.05) is 12.1 Å². The third kappa shape index (κ3) is 7.44. The molecule has 0 rings (SSSR count). The third-order valence-electron chi connectivity index (χ3n) is 1.92. The van der Waals surface area contributed by atoms with Crippen LogP contribution in [0, 0.1) is 5.41 Å². The first-order valence-corrected chi connectivity index (χ1v) is 5.68. The van der Waals surface area contributed by atoms with Crippen molar-refractivity contribution in [1.82, 2.24) is 0 Å². The topological polar surface area (TPSA) is 62.5 Å². The van der Waals surface area contributed by atoms with Gasteiger partial charge in [0.25, 0.3) is 0 Å². The highest BCUT2D eigenvalue weighted by Gasteiger charge is 2.16. The van der Waals surface area contributed by atoms with E-state index >= 15 is 0 Å². The molecule has 0 aliphatic rings. The van der Waals surface area contributed by atoms with Gasteiger partial charge in [0.05, 0.1) is 5.71 Å². The first-order chi connectivity index (χ1) is 7.65. The number of rotatable bonds is 4. The predicted molar refractivity (Wildman–Crippen MR) is 71.1 cm³/mol. The minimum atomic E-state index is -0.626. The summed E-state index contributed by atoms with van der Waals surface area (Å²) in [5.41, 5.74) is 1.18. The van der Waals surface area contributed by atoms with E-state index in [4.69, 9.17) is 10.1 Å². The number of carbonyl (C=O) groups is 1. The first-order valence-electron chi connectivity index (χ1n) is 5.68. The minimum Gasteiger partial charge on any atom is -0.442 e. The van der Waals surface area contributed by atoms with Crippen LogP contribution in [0.2, 0.25) is 0 Å². The molecule has 17 heavy (non-hydrogen) atoms. The number of amides is 1. The van der Waals surface area contributed by atoms with Crippen LogP contribution >= 0.6 is 0 Å². The third-order valence-corrected chi connectivity index (χ3v) is 1.92. The van der Waals surface area contributed by atoms with Gasteiger partial charge in [-0.1, -0.05) is 13.5 Å². The van der Waals surface area contributed by atoms with Crippen molar-refractivity contribution < 1.29 is 9.53 Å². The van der Waals surface area contributed by atoms with Crippen LogP contribution in [0.1, 0.15) is 47.5 Å². The van der Waals surface area contributed by atoms with Gasteiger partial charge in [-0.2, -0.15) is 4.99 Å². The summed E-state index contributed by atoms with van der Waals surface area (Å²) in [4.78, 5) is 15.4. The van der Waals surface area contributed by atoms with E-state index in [0.29, 0.717) is 29.8 Å². The Morgan fingerprint density at radius 3 is 2.29 bits per heavy atom. The van der Waals surface area contributed by atoms with Crippen molar-refractivity contribution in [2.75, 3.05) is 0 Å². The van der Waals surface area contributed by atoms with E-state index in [1.807, 2.05) is 6.92 Å². The second-order valence-corrected chi connectivity index (χ2v) is 4.95. The van der Waals surface area contributed by atoms with Crippen LogP contribution in [0.15, 0.2) is 17.1 Å². The molecule has 1 amide bonds. The molecule has 0 saturated carbocycles. The van der Waals surface area contributed by atoms with Gasteiger partial charge in [-0.15, -0.1) is 0 Å². The molecule has 0 radical (unpaired) electrons. The van der Waals surface area contributed by atoms with Crippen LogP contribution in [0.25, 0.3) is 0 Å². The van der Waals surface area contributed by atoms with Crippen molar-refractivity contribution >= 4 is 17.5 Å². The Kier molecular flexibility index (Phi) is 5.79. The van der Waals surface area contributed by atoms with E-state index in [1.165, 1.54) is 0 Å². The predicted octanol–water partition coefficient (Wildman–Crippen LogP) is 3.76. The van der Waals surface area contributed by atoms with E-state index in [9.17, 15) is 4.79 Å². The SMILES string of the molecule is C=C(C)C(CC(=N)CC)=NC(=O)OC(C)(C)C. The van der Waals surface area contributed by atoms with Crippen molar-refractivity contribution in [2.24, 2.45) is 4.99 Å². The molecule has 0 aromatic carbocycles. The average molecular weight is 238 g/mol. The summed E-state index contributed by atoms with van der Waals surface area (Å²) >= 11 is 0. The molecule has 0 saturated heterocycles. The number of nitrogens with zero attached hydrogens (tertiary/aromatic N) is 1. The summed E-state index contributed by atoms with van der Waals surface area (Å²) in [5, 5.41) is 7.61. The molecular weight excluding hydrogens is 216 g/mol. The lowest BCUT2D eigenvalue weighted by Gasteiger charge is -2.18. The fraction of sp³-hybridized carbons (Fsp3) is 0.615. The molecule has 0 atom stereocenters. The van der Waals surface area contributed by atoms with Crippen LogP contribution in [-0.4, -0.2) is 23.1 Å². The standard InChI is InChI=1S/C13H22N2O2/c1-7-10(14)8-11(9(2)3)15-12(16)17-13(4,5)6/h14H,2,7-8H2,1,3-6H3. The number of allylic oxidation sites excluding steroid dienone is 1. The highest BCUT2D eigenvalue weighted by Crippen LogP contribution is 2.10. The zero-order valence-electron chi connectivity index (χ0n) is 11.4. The van der Waals surface area contributed by atoms with Gasteiger partial charge in [0.2, 0.25) is 0 Å². The second-order valence-electron chi connectivity index (χ2n) is 4.95. The maximum Gasteiger partial charge on any atom is 0.434 e. The molecule has 0 unspecified atom stereocenters. The largest absolute Gasteiger partial charge is 0.442 e. The zero-order valence-corrected chi connectivity index (χ0v) is 11.4. The molecule has 0 aromatic heterocycles. The summed E-state index contributed by atoms with van der Waals surface area (Å²) in [5.74, 6) is 0. The molecule has 0 aromatic rings. The van der Waals surface area contributed by atoms with Crippen LogP contribution < -0.4 is 0 Å². The lowest BCUT2D eigenvalue weighted by molar-refractivity contribution is 0.0604. The van der Waals surface area contributed by atoms with Crippen LogP contribution in [0.5, 0.6) is 0 Å². The normalized spacial score (nSPS) is 12.2. The van der Waals surface area contributed by atoms with Gasteiger partial charge in [-0.25, -0.2) is 4.79 Å². The Hall–Kier alpha value is -1.45. The van der Waals surface area contributed by atoms with E-state index in [0.717, 1.165) is 0 Å². The zero-order chi connectivity index (χ0) is 13.6. The van der Waals surface area contributed by atoms with Gasteiger partial charge in [0.15, 0.2) is 0 Å². The molecule has 0 heterocycles. The molecule has 0 spiro atoms. The Labute approximate surface area is 103 Å². The number of nitrogens with one attached hydrogen (secondary N) is 1. The Bertz CT molecular complexity index is 349. The van der Waals surface area contributed by atoms with Gasteiger partial charge in [-0.05, 0) is 39.7 Å². The van der Waals surface area contributed by atoms with Crippen molar-refractivity contribution in [3.63, 3.8) is 0 Å². The molecule has 4 nitrogen and oxygen atoms in total. The lowest BCUT2D eigenvalue weighted by Crippen LogP contribution is -2.23. The van der Waals surface area contributed by atoms with E-state index in [1.54, 1.807) is 27.7 Å². The van der Waals surface area contributed by atoms with Crippen LogP contribution in [0.4, 0.5) is 4.79 Å². The first kappa shape index (κ1) is 15.6. The summed E-state index contributed by atoms with van der Waals surface area (Å²) < 4.78 is 5.10. The van der Waals surface area contributed by atoms with Crippen molar-refractivity contribution in [3.8, 4) is 0 Å². The number of carbonyl (C=O) groups excluding carboxylic acids is 1. The summed E-state index contributed by atoms with van der Waals surface area (Å²) in [6.07, 6.45) is 0.366. The number of hydrogen-bond acceptors (Lipinski definition) is 3. The van der Waals surface area contributed by atoms with Gasteiger partial charge >= 0.3 is 6.09 Å². The number of aliphatic imine (C=N–C) groups is 1. The monoisotopic (exact) mass is 238 g/mol. The highest BCUT2D eigenvalue weighted by atomic mass is 16.6. The lowest BCUT2D eigenvalue weighted by atomic mass is 10.1. The quantitative estimate of drug-likeness (QED) is 0.758. The van der Waals surface area contributed by atoms with Crippen LogP contribution in [-0.2, 0) is 4.74 Å². The van der Waals surface area contributed by atoms with Crippen molar-refractivity contribution in [1.29, 1.82) is 5.41 Å². The minimum absolute atomic E-state index is 0.352. The molecule has 0 bridgehead atoms. The molecule has 1 N–H and O–H groups in total. The molecular formula is C13H22N2O2. The van der Waals surface area contributed by atoms with Gasteiger partial charge in [-0.3, -0.25) is 0 Å². The van der Waals surface area contributed by atoms with E-state index in [2.05, 4.69) is 11.6 Å². The Balaban J connectivity index is 4.77. The smallest absolute Gasteiger partial charge is 0.434 e. The summed E-state index contributed by atoms with van der Waals surface area (Å²) in [6.45, 7) is 12.8. The van der Waals surface area contributed by atoms with Crippen LogP contribution in [0.3, 0.4) is 0 Å². The van der Waals surface area contributed by atoms with Crippen molar-refractivity contribution in [3.05, 3.63) is 12.2 Å².